The molecule has 0 radical (unpaired) electrons. The minimum absolute atomic E-state index is 0.109. The van der Waals surface area contributed by atoms with Crippen LogP contribution in [0.4, 0.5) is 4.39 Å². The molecule has 6 heteroatoms. The van der Waals surface area contributed by atoms with Crippen LogP contribution in [-0.2, 0) is 11.3 Å². The van der Waals surface area contributed by atoms with Crippen LogP contribution >= 0.6 is 15.9 Å². The zero-order valence-electron chi connectivity index (χ0n) is 15.6. The molecule has 29 heavy (non-hydrogen) atoms. The van der Waals surface area contributed by atoms with E-state index in [1.54, 1.807) is 17.6 Å². The summed E-state index contributed by atoms with van der Waals surface area (Å²) in [6, 6.07) is 16.0. The summed E-state index contributed by atoms with van der Waals surface area (Å²) in [4.78, 5) is 25.1. The molecular formula is C23H17BrFNO3. The van der Waals surface area contributed by atoms with E-state index in [2.05, 4.69) is 15.9 Å². The monoisotopic (exact) mass is 453 g/mol. The molecule has 0 spiro atoms. The van der Waals surface area contributed by atoms with Gasteiger partial charge in [-0.2, -0.15) is 0 Å². The molecule has 4 nitrogen and oxygen atoms in total. The molecule has 4 rings (SSSR count). The van der Waals surface area contributed by atoms with Crippen LogP contribution in [-0.4, -0.2) is 17.1 Å². The Balaban J connectivity index is 1.91. The lowest BCUT2D eigenvalue weighted by Gasteiger charge is -2.15. The molecule has 0 saturated heterocycles. The molecule has 0 bridgehead atoms. The first-order valence-corrected chi connectivity index (χ1v) is 9.95. The predicted octanol–water partition coefficient (Wildman–Crippen LogP) is 5.28. The highest BCUT2D eigenvalue weighted by molar-refractivity contribution is 9.10. The molecule has 4 aromatic rings. The molecule has 0 aliphatic rings. The van der Waals surface area contributed by atoms with E-state index in [-0.39, 0.29) is 17.6 Å². The van der Waals surface area contributed by atoms with E-state index in [0.29, 0.717) is 12.1 Å². The first-order chi connectivity index (χ1) is 14.0. The van der Waals surface area contributed by atoms with Crippen LogP contribution < -0.4 is 5.43 Å². The summed E-state index contributed by atoms with van der Waals surface area (Å²) >= 11 is 3.68. The van der Waals surface area contributed by atoms with Crippen molar-refractivity contribution in [2.45, 2.75) is 13.5 Å². The van der Waals surface area contributed by atoms with Gasteiger partial charge in [0, 0.05) is 22.6 Å². The number of carbonyl (C=O) groups excluding carboxylic acids is 1. The van der Waals surface area contributed by atoms with Crippen molar-refractivity contribution in [1.29, 1.82) is 0 Å². The number of halogens is 2. The van der Waals surface area contributed by atoms with Crippen molar-refractivity contribution in [3.63, 3.8) is 0 Å². The number of pyridine rings is 1. The Kier molecular flexibility index (Phi) is 5.20. The quantitative estimate of drug-likeness (QED) is 0.394. The van der Waals surface area contributed by atoms with Crippen LogP contribution in [0, 0.1) is 5.82 Å². The standard InChI is InChI=1S/C23H17BrFNO3/c1-2-29-23(28)19-13-26(20-10-9-16(25)11-18(20)22(19)27)12-15-8-7-14-5-3-4-6-17(14)21(15)24/h3-11,13H,2,12H2,1H3. The topological polar surface area (TPSA) is 48.3 Å². The van der Waals surface area contributed by atoms with E-state index in [4.69, 9.17) is 4.74 Å². The second-order valence-corrected chi connectivity index (χ2v) is 7.43. The third kappa shape index (κ3) is 3.56. The molecule has 0 atom stereocenters. The average Bonchev–Trinajstić information content (AvgIpc) is 2.72. The first-order valence-electron chi connectivity index (χ1n) is 9.15. The van der Waals surface area contributed by atoms with Crippen LogP contribution in [0.25, 0.3) is 21.7 Å². The second kappa shape index (κ2) is 7.79. The van der Waals surface area contributed by atoms with Gasteiger partial charge in [0.25, 0.3) is 0 Å². The van der Waals surface area contributed by atoms with Crippen LogP contribution in [0.3, 0.4) is 0 Å². The van der Waals surface area contributed by atoms with Crippen LogP contribution in [0.5, 0.6) is 0 Å². The number of ether oxygens (including phenoxy) is 1. The Labute approximate surface area is 174 Å². The number of carbonyl (C=O) groups is 1. The zero-order chi connectivity index (χ0) is 20.5. The van der Waals surface area contributed by atoms with Crippen molar-refractivity contribution in [3.8, 4) is 0 Å². The number of esters is 1. The molecule has 146 valence electrons. The highest BCUT2D eigenvalue weighted by atomic mass is 79.9. The van der Waals surface area contributed by atoms with Crippen LogP contribution in [0.2, 0.25) is 0 Å². The largest absolute Gasteiger partial charge is 0.462 e. The fraction of sp³-hybridized carbons (Fsp3) is 0.130. The molecule has 0 fully saturated rings. The maximum Gasteiger partial charge on any atom is 0.343 e. The van der Waals surface area contributed by atoms with Gasteiger partial charge in [0.1, 0.15) is 11.4 Å². The smallest absolute Gasteiger partial charge is 0.343 e. The SMILES string of the molecule is CCOC(=O)c1cn(Cc2ccc3ccccc3c2Br)c2ccc(F)cc2c1=O. The molecule has 0 N–H and O–H groups in total. The van der Waals surface area contributed by atoms with Gasteiger partial charge in [0.05, 0.1) is 12.1 Å². The Morgan fingerprint density at radius 3 is 2.69 bits per heavy atom. The number of aromatic nitrogens is 1. The van der Waals surface area contributed by atoms with Crippen molar-refractivity contribution < 1.29 is 13.9 Å². The van der Waals surface area contributed by atoms with Crippen molar-refractivity contribution >= 4 is 43.6 Å². The summed E-state index contributed by atoms with van der Waals surface area (Å²) < 4.78 is 21.5. The zero-order valence-corrected chi connectivity index (χ0v) is 17.2. The molecule has 0 unspecified atom stereocenters. The number of hydrogen-bond acceptors (Lipinski definition) is 3. The van der Waals surface area contributed by atoms with E-state index in [0.717, 1.165) is 26.9 Å². The normalized spacial score (nSPS) is 11.1. The van der Waals surface area contributed by atoms with Crippen molar-refractivity contribution in [1.82, 2.24) is 4.57 Å². The minimum Gasteiger partial charge on any atom is -0.462 e. The first kappa shape index (κ1) is 19.3. The van der Waals surface area contributed by atoms with Crippen molar-refractivity contribution in [2.75, 3.05) is 6.61 Å². The summed E-state index contributed by atoms with van der Waals surface area (Å²) in [5, 5.41) is 2.31. The minimum atomic E-state index is -0.713. The summed E-state index contributed by atoms with van der Waals surface area (Å²) in [7, 11) is 0. The lowest BCUT2D eigenvalue weighted by Crippen LogP contribution is -2.21. The third-order valence-corrected chi connectivity index (χ3v) is 5.76. The molecule has 0 saturated carbocycles. The van der Waals surface area contributed by atoms with E-state index in [1.807, 2.05) is 36.4 Å². The van der Waals surface area contributed by atoms with E-state index < -0.39 is 17.2 Å². The third-order valence-electron chi connectivity index (χ3n) is 4.82. The van der Waals surface area contributed by atoms with Gasteiger partial charge in [-0.25, -0.2) is 9.18 Å². The van der Waals surface area contributed by atoms with Gasteiger partial charge >= 0.3 is 5.97 Å². The summed E-state index contributed by atoms with van der Waals surface area (Å²) in [5.41, 5.74) is 0.867. The Morgan fingerprint density at radius 1 is 1.10 bits per heavy atom. The van der Waals surface area contributed by atoms with Gasteiger partial charge in [-0.05, 0) is 57.4 Å². The number of rotatable bonds is 4. The number of hydrogen-bond donors (Lipinski definition) is 0. The van der Waals surface area contributed by atoms with Crippen molar-refractivity contribution in [3.05, 3.63) is 92.4 Å². The number of nitrogens with zero attached hydrogens (tertiary/aromatic N) is 1. The molecule has 0 aliphatic carbocycles. The van der Waals surface area contributed by atoms with Crippen LogP contribution in [0.15, 0.2) is 70.1 Å². The maximum atomic E-state index is 13.8. The van der Waals surface area contributed by atoms with Gasteiger partial charge in [-0.15, -0.1) is 0 Å². The molecule has 1 heterocycles. The lowest BCUT2D eigenvalue weighted by atomic mass is 10.1. The maximum absolute atomic E-state index is 13.8. The summed E-state index contributed by atoms with van der Waals surface area (Å²) in [6.07, 6.45) is 1.49. The Bertz CT molecular complexity index is 1310. The van der Waals surface area contributed by atoms with E-state index >= 15 is 0 Å². The molecular weight excluding hydrogens is 437 g/mol. The van der Waals surface area contributed by atoms with E-state index in [1.165, 1.54) is 12.3 Å². The van der Waals surface area contributed by atoms with Crippen molar-refractivity contribution in [2.24, 2.45) is 0 Å². The van der Waals surface area contributed by atoms with Gasteiger partial charge < -0.3 is 9.30 Å². The number of fused-ring (bicyclic) bond motifs is 2. The Hall–Kier alpha value is -2.99. The summed E-state index contributed by atoms with van der Waals surface area (Å²) in [6.45, 7) is 2.21. The molecule has 0 aliphatic heterocycles. The molecule has 1 aromatic heterocycles. The van der Waals surface area contributed by atoms with Gasteiger partial charge in [-0.1, -0.05) is 36.4 Å². The summed E-state index contributed by atoms with van der Waals surface area (Å²) in [5.74, 6) is -1.25. The fourth-order valence-electron chi connectivity index (χ4n) is 3.44. The second-order valence-electron chi connectivity index (χ2n) is 6.64. The Morgan fingerprint density at radius 2 is 1.90 bits per heavy atom. The highest BCUT2D eigenvalue weighted by Gasteiger charge is 2.18. The average molecular weight is 454 g/mol. The lowest BCUT2D eigenvalue weighted by molar-refractivity contribution is 0.0524. The molecule has 0 amide bonds. The van der Waals surface area contributed by atoms with E-state index in [9.17, 15) is 14.0 Å². The van der Waals surface area contributed by atoms with Gasteiger partial charge in [0.2, 0.25) is 5.43 Å². The fourth-order valence-corrected chi connectivity index (χ4v) is 4.06. The van der Waals surface area contributed by atoms with Crippen LogP contribution in [0.1, 0.15) is 22.8 Å². The molecule has 3 aromatic carbocycles. The van der Waals surface area contributed by atoms with Gasteiger partial charge in [0.15, 0.2) is 0 Å². The van der Waals surface area contributed by atoms with Gasteiger partial charge in [-0.3, -0.25) is 4.79 Å². The number of benzene rings is 3. The highest BCUT2D eigenvalue weighted by Crippen LogP contribution is 2.29. The predicted molar refractivity (Wildman–Crippen MR) is 115 cm³/mol.